The zero-order valence-electron chi connectivity index (χ0n) is 5.47. The van der Waals surface area contributed by atoms with Crippen molar-refractivity contribution in [1.29, 1.82) is 0 Å². The number of hydrogen-bond acceptors (Lipinski definition) is 1. The van der Waals surface area contributed by atoms with Crippen molar-refractivity contribution in [2.45, 2.75) is 26.4 Å². The minimum absolute atomic E-state index is 1.11. The van der Waals surface area contributed by atoms with Crippen molar-refractivity contribution in [3.63, 3.8) is 0 Å². The third-order valence-corrected chi connectivity index (χ3v) is 0.706. The van der Waals surface area contributed by atoms with Crippen molar-refractivity contribution >= 4 is 0 Å². The summed E-state index contributed by atoms with van der Waals surface area (Å²) in [5.41, 5.74) is 0. The van der Waals surface area contributed by atoms with Crippen molar-refractivity contribution in [2.75, 3.05) is 0 Å². The average Bonchev–Trinajstić information content (AvgIpc) is 1.82. The van der Waals surface area contributed by atoms with Crippen LogP contribution < -0.4 is 0 Å². The Morgan fingerprint density at radius 2 is 2.00 bits per heavy atom. The Bertz CT molecular complexity index is 91.1. The summed E-state index contributed by atoms with van der Waals surface area (Å²) in [5.74, 6) is 0. The van der Waals surface area contributed by atoms with Gasteiger partial charge in [0.25, 0.3) is 6.36 Å². The second kappa shape index (κ2) is 4.30. The third-order valence-electron chi connectivity index (χ3n) is 0.706. The van der Waals surface area contributed by atoms with E-state index in [1.54, 1.807) is 6.92 Å². The van der Waals surface area contributed by atoms with Gasteiger partial charge < -0.3 is 4.74 Å². The maximum atomic E-state index is 12.1. The number of rotatable bonds is 3. The molecule has 0 aromatic heterocycles. The van der Waals surface area contributed by atoms with Crippen LogP contribution in [0.3, 0.4) is 0 Å². The van der Waals surface area contributed by atoms with Crippen LogP contribution in [0.25, 0.3) is 0 Å². The molecule has 0 radical (unpaired) electrons. The van der Waals surface area contributed by atoms with E-state index in [0.717, 1.165) is 13.2 Å². The van der Waals surface area contributed by atoms with E-state index in [-0.39, 0.29) is 0 Å². The molecule has 0 N–H and O–H groups in total. The molecule has 54 valence electrons. The molecule has 3 heteroatoms. The summed E-state index contributed by atoms with van der Waals surface area (Å²) >= 11 is 0. The molecule has 0 aliphatic heterocycles. The van der Waals surface area contributed by atoms with E-state index in [0.29, 0.717) is 0 Å². The molecular formula is C6H10F2O. The minimum Gasteiger partial charge on any atom is -0.465 e. The summed E-state index contributed by atoms with van der Waals surface area (Å²) in [6.07, 6.45) is -0.780. The van der Waals surface area contributed by atoms with Crippen LogP contribution >= 0.6 is 0 Å². The molecule has 2 atom stereocenters. The Morgan fingerprint density at radius 1 is 1.44 bits per heavy atom. The highest BCUT2D eigenvalue weighted by molar-refractivity contribution is 4.67. The van der Waals surface area contributed by atoms with Gasteiger partial charge in [0.1, 0.15) is 0 Å². The van der Waals surface area contributed by atoms with Crippen LogP contribution in [0.2, 0.25) is 0 Å². The molecule has 0 aliphatic carbocycles. The Kier molecular flexibility index (Phi) is 4.01. The zero-order valence-corrected chi connectivity index (χ0v) is 5.47. The quantitative estimate of drug-likeness (QED) is 0.540. The van der Waals surface area contributed by atoms with Crippen LogP contribution in [0.15, 0.2) is 12.3 Å². The number of hydrogen-bond donors (Lipinski definition) is 0. The van der Waals surface area contributed by atoms with Crippen molar-refractivity contribution in [3.8, 4) is 0 Å². The van der Waals surface area contributed by atoms with Gasteiger partial charge in [-0.05, 0) is 13.8 Å². The Morgan fingerprint density at radius 3 is 2.33 bits per heavy atom. The van der Waals surface area contributed by atoms with Gasteiger partial charge in [0.05, 0.1) is 6.26 Å². The van der Waals surface area contributed by atoms with Gasteiger partial charge in [0.2, 0.25) is 0 Å². The van der Waals surface area contributed by atoms with E-state index in [2.05, 4.69) is 4.74 Å². The predicted molar refractivity (Wildman–Crippen MR) is 31.4 cm³/mol. The Labute approximate surface area is 53.3 Å². The molecule has 0 spiro atoms. The molecule has 0 amide bonds. The van der Waals surface area contributed by atoms with Crippen molar-refractivity contribution in [1.82, 2.24) is 0 Å². The topological polar surface area (TPSA) is 9.23 Å². The molecule has 0 rings (SSSR count). The number of halogens is 2. The summed E-state index contributed by atoms with van der Waals surface area (Å²) < 4.78 is 28.2. The molecule has 0 heterocycles. The maximum Gasteiger partial charge on any atom is 0.268 e. The fraction of sp³-hybridized carbons (Fsp3) is 0.667. The van der Waals surface area contributed by atoms with Crippen LogP contribution in [0.4, 0.5) is 8.78 Å². The lowest BCUT2D eigenvalue weighted by atomic mass is 10.4. The first kappa shape index (κ1) is 8.40. The smallest absolute Gasteiger partial charge is 0.268 e. The van der Waals surface area contributed by atoms with Crippen molar-refractivity contribution in [2.24, 2.45) is 0 Å². The second-order valence-electron chi connectivity index (χ2n) is 1.63. The highest BCUT2D eigenvalue weighted by atomic mass is 19.2. The van der Waals surface area contributed by atoms with Gasteiger partial charge in [-0.3, -0.25) is 0 Å². The number of alkyl halides is 2. The summed E-state index contributed by atoms with van der Waals surface area (Å²) in [7, 11) is 0. The van der Waals surface area contributed by atoms with Gasteiger partial charge in [-0.2, -0.15) is 4.39 Å². The summed E-state index contributed by atoms with van der Waals surface area (Å²) in [4.78, 5) is 0. The molecule has 2 unspecified atom stereocenters. The first-order valence-corrected chi connectivity index (χ1v) is 2.73. The van der Waals surface area contributed by atoms with Crippen LogP contribution in [0.5, 0.6) is 0 Å². The number of ether oxygens (including phenoxy) is 1. The molecule has 0 bridgehead atoms. The highest BCUT2D eigenvalue weighted by Gasteiger charge is 2.13. The lowest BCUT2D eigenvalue weighted by Crippen LogP contribution is -2.14. The lowest BCUT2D eigenvalue weighted by molar-refractivity contribution is -0.0315. The second-order valence-corrected chi connectivity index (χ2v) is 1.63. The van der Waals surface area contributed by atoms with Crippen LogP contribution in [-0.4, -0.2) is 12.5 Å². The van der Waals surface area contributed by atoms with Gasteiger partial charge in [0.15, 0.2) is 6.17 Å². The monoisotopic (exact) mass is 136 g/mol. The predicted octanol–water partition coefficient (Wildman–Crippen LogP) is 2.19. The Balaban J connectivity index is 3.38. The molecular weight excluding hydrogens is 126 g/mol. The summed E-state index contributed by atoms with van der Waals surface area (Å²) in [6, 6.07) is 0. The summed E-state index contributed by atoms with van der Waals surface area (Å²) in [5, 5.41) is 0. The van der Waals surface area contributed by atoms with E-state index < -0.39 is 12.5 Å². The lowest BCUT2D eigenvalue weighted by Gasteiger charge is -2.06. The van der Waals surface area contributed by atoms with Crippen LogP contribution in [0, 0.1) is 0 Å². The number of allylic oxidation sites excluding steroid dienone is 1. The Hall–Kier alpha value is -0.600. The molecule has 0 aliphatic rings. The summed E-state index contributed by atoms with van der Waals surface area (Å²) in [6.45, 7) is 2.77. The average molecular weight is 136 g/mol. The molecule has 0 fully saturated rings. The van der Waals surface area contributed by atoms with E-state index in [1.165, 1.54) is 6.08 Å². The standard InChI is InChI=1S/C6H10F2O/c1-3-4-9-6(8)5(2)7/h3-6H,1-2H3. The zero-order chi connectivity index (χ0) is 7.28. The SMILES string of the molecule is CC=COC(F)C(C)F. The first-order chi connectivity index (χ1) is 4.18. The van der Waals surface area contributed by atoms with Gasteiger partial charge in [-0.25, -0.2) is 4.39 Å². The van der Waals surface area contributed by atoms with Gasteiger partial charge >= 0.3 is 0 Å². The maximum absolute atomic E-state index is 12.1. The molecule has 0 saturated heterocycles. The fourth-order valence-corrected chi connectivity index (χ4v) is 0.262. The largest absolute Gasteiger partial charge is 0.465 e. The molecule has 0 aromatic rings. The van der Waals surface area contributed by atoms with E-state index in [1.807, 2.05) is 0 Å². The van der Waals surface area contributed by atoms with E-state index in [9.17, 15) is 8.78 Å². The van der Waals surface area contributed by atoms with Crippen LogP contribution in [-0.2, 0) is 4.74 Å². The highest BCUT2D eigenvalue weighted by Crippen LogP contribution is 2.04. The van der Waals surface area contributed by atoms with Crippen molar-refractivity contribution < 1.29 is 13.5 Å². The normalized spacial score (nSPS) is 17.8. The minimum atomic E-state index is -1.83. The molecule has 9 heavy (non-hydrogen) atoms. The van der Waals surface area contributed by atoms with E-state index in [4.69, 9.17) is 0 Å². The van der Waals surface area contributed by atoms with Crippen LogP contribution in [0.1, 0.15) is 13.8 Å². The van der Waals surface area contributed by atoms with E-state index >= 15 is 0 Å². The van der Waals surface area contributed by atoms with Gasteiger partial charge in [0, 0.05) is 0 Å². The molecule has 1 nitrogen and oxygen atoms in total. The fourth-order valence-electron chi connectivity index (χ4n) is 0.262. The first-order valence-electron chi connectivity index (χ1n) is 2.73. The van der Waals surface area contributed by atoms with Gasteiger partial charge in [-0.15, -0.1) is 0 Å². The molecule has 0 saturated carbocycles. The third kappa shape index (κ3) is 3.94. The molecule has 0 aromatic carbocycles. The van der Waals surface area contributed by atoms with Crippen molar-refractivity contribution in [3.05, 3.63) is 12.3 Å². The van der Waals surface area contributed by atoms with Gasteiger partial charge in [-0.1, -0.05) is 6.08 Å².